The fourth-order valence-corrected chi connectivity index (χ4v) is 3.37. The van der Waals surface area contributed by atoms with Gasteiger partial charge in [0, 0.05) is 24.2 Å². The molecular weight excluding hydrogens is 352 g/mol. The van der Waals surface area contributed by atoms with Gasteiger partial charge in [-0.15, -0.1) is 0 Å². The number of benzene rings is 1. The maximum atomic E-state index is 12.7. The van der Waals surface area contributed by atoms with Crippen LogP contribution in [0.3, 0.4) is 0 Å². The Balaban J connectivity index is 1.52. The number of hydrogen-bond donors (Lipinski definition) is 2. The van der Waals surface area contributed by atoms with E-state index < -0.39 is 0 Å². The summed E-state index contributed by atoms with van der Waals surface area (Å²) in [5.74, 6) is -0.0851. The molecule has 1 aliphatic heterocycles. The second-order valence-electron chi connectivity index (χ2n) is 6.90. The second kappa shape index (κ2) is 7.11. The van der Waals surface area contributed by atoms with E-state index in [1.807, 2.05) is 16.7 Å². The summed E-state index contributed by atoms with van der Waals surface area (Å²) in [4.78, 5) is 29.6. The Morgan fingerprint density at radius 1 is 1.15 bits per heavy atom. The highest BCUT2D eigenvalue weighted by atomic mass is 35.5. The fraction of sp³-hybridized carbons (Fsp3) is 0.421. The third-order valence-corrected chi connectivity index (χ3v) is 5.07. The van der Waals surface area contributed by atoms with Crippen molar-refractivity contribution in [1.82, 2.24) is 20.2 Å². The maximum absolute atomic E-state index is 12.7. The molecule has 1 aromatic carbocycles. The number of aromatic nitrogens is 2. The molecule has 0 unspecified atom stereocenters. The minimum absolute atomic E-state index is 0.157. The lowest BCUT2D eigenvalue weighted by molar-refractivity contribution is 0.0935. The van der Waals surface area contributed by atoms with Crippen molar-refractivity contribution in [3.05, 3.63) is 52.1 Å². The van der Waals surface area contributed by atoms with Gasteiger partial charge in [0.15, 0.2) is 5.82 Å². The van der Waals surface area contributed by atoms with Crippen LogP contribution < -0.4 is 10.6 Å². The van der Waals surface area contributed by atoms with E-state index in [-0.39, 0.29) is 17.9 Å². The average molecular weight is 373 g/mol. The fourth-order valence-electron chi connectivity index (χ4n) is 3.24. The summed E-state index contributed by atoms with van der Waals surface area (Å²) in [5, 5.41) is 6.53. The minimum Gasteiger partial charge on any atom is -0.348 e. The lowest BCUT2D eigenvalue weighted by atomic mass is 10.1. The first kappa shape index (κ1) is 17.1. The van der Waals surface area contributed by atoms with Crippen molar-refractivity contribution in [1.29, 1.82) is 0 Å². The van der Waals surface area contributed by atoms with Gasteiger partial charge < -0.3 is 15.2 Å². The molecule has 6 nitrogen and oxygen atoms in total. The Hall–Kier alpha value is -2.34. The van der Waals surface area contributed by atoms with E-state index >= 15 is 0 Å². The van der Waals surface area contributed by atoms with Gasteiger partial charge >= 0.3 is 0 Å². The molecule has 1 fully saturated rings. The number of rotatable bonds is 5. The third-order valence-electron chi connectivity index (χ3n) is 4.81. The molecule has 2 N–H and O–H groups in total. The minimum atomic E-state index is -0.256. The molecule has 26 heavy (non-hydrogen) atoms. The first-order chi connectivity index (χ1) is 12.6. The van der Waals surface area contributed by atoms with Crippen LogP contribution in [0, 0.1) is 0 Å². The van der Waals surface area contributed by atoms with Gasteiger partial charge in [-0.2, -0.15) is 0 Å². The van der Waals surface area contributed by atoms with Crippen molar-refractivity contribution >= 4 is 23.4 Å². The number of halogens is 1. The van der Waals surface area contributed by atoms with Crippen LogP contribution in [0.1, 0.15) is 58.0 Å². The molecule has 0 bridgehead atoms. The van der Waals surface area contributed by atoms with Crippen LogP contribution in [0.4, 0.5) is 0 Å². The summed E-state index contributed by atoms with van der Waals surface area (Å²) in [7, 11) is 0. The first-order valence-electron chi connectivity index (χ1n) is 9.05. The summed E-state index contributed by atoms with van der Waals surface area (Å²) in [5.41, 5.74) is 2.25. The van der Waals surface area contributed by atoms with Crippen molar-refractivity contribution in [2.24, 2.45) is 0 Å². The van der Waals surface area contributed by atoms with Gasteiger partial charge in [-0.25, -0.2) is 4.98 Å². The molecule has 7 heteroatoms. The summed E-state index contributed by atoms with van der Waals surface area (Å²) in [6.45, 7) is 1.12. The largest absolute Gasteiger partial charge is 0.348 e. The molecule has 4 rings (SSSR count). The zero-order valence-electron chi connectivity index (χ0n) is 14.4. The molecule has 0 spiro atoms. The van der Waals surface area contributed by atoms with E-state index in [1.165, 1.54) is 0 Å². The number of nitrogens with one attached hydrogen (secondary N) is 2. The lowest BCUT2D eigenvalue weighted by Gasteiger charge is -2.17. The molecule has 1 aliphatic carbocycles. The number of nitrogens with zero attached hydrogens (tertiary/aromatic N) is 2. The Labute approximate surface area is 156 Å². The molecule has 1 aromatic heterocycles. The maximum Gasteiger partial charge on any atom is 0.287 e. The highest BCUT2D eigenvalue weighted by molar-refractivity contribution is 6.30. The van der Waals surface area contributed by atoms with E-state index in [2.05, 4.69) is 15.6 Å². The zero-order chi connectivity index (χ0) is 18.1. The average Bonchev–Trinajstić information content (AvgIpc) is 3.38. The van der Waals surface area contributed by atoms with Crippen LogP contribution in [0.2, 0.25) is 5.02 Å². The van der Waals surface area contributed by atoms with Gasteiger partial charge in [0.1, 0.15) is 5.69 Å². The molecule has 0 atom stereocenters. The van der Waals surface area contributed by atoms with Gasteiger partial charge in [-0.05, 0) is 49.8 Å². The first-order valence-corrected chi connectivity index (χ1v) is 9.42. The molecule has 136 valence electrons. The Kier molecular flexibility index (Phi) is 4.68. The van der Waals surface area contributed by atoms with Crippen LogP contribution in [0.5, 0.6) is 0 Å². The van der Waals surface area contributed by atoms with Crippen molar-refractivity contribution in [2.75, 3.05) is 0 Å². The van der Waals surface area contributed by atoms with E-state index in [0.717, 1.165) is 49.9 Å². The van der Waals surface area contributed by atoms with Crippen molar-refractivity contribution in [3.63, 3.8) is 0 Å². The van der Waals surface area contributed by atoms with Gasteiger partial charge in [-0.3, -0.25) is 9.59 Å². The van der Waals surface area contributed by atoms with Crippen LogP contribution in [0.15, 0.2) is 24.3 Å². The molecule has 2 aromatic rings. The molecule has 0 radical (unpaired) electrons. The quantitative estimate of drug-likeness (QED) is 0.847. The standard InChI is InChI=1S/C19H21ClN4O2/c20-13-6-4-12(5-7-13)11-21-19(26)17-23-16(18(25)22-14-8-9-14)15-3-1-2-10-24(15)17/h4-7,14H,1-3,8-11H2,(H,21,26)(H,22,25). The summed E-state index contributed by atoms with van der Waals surface area (Å²) < 4.78 is 1.91. The summed E-state index contributed by atoms with van der Waals surface area (Å²) >= 11 is 5.88. The van der Waals surface area contributed by atoms with Gasteiger partial charge in [0.2, 0.25) is 0 Å². The van der Waals surface area contributed by atoms with Gasteiger partial charge in [0.05, 0.1) is 5.69 Å². The van der Waals surface area contributed by atoms with Crippen molar-refractivity contribution in [2.45, 2.75) is 51.2 Å². The number of carbonyl (C=O) groups is 2. The predicted octanol–water partition coefficient (Wildman–Crippen LogP) is 2.70. The summed E-state index contributed by atoms with van der Waals surface area (Å²) in [6.07, 6.45) is 4.84. The normalized spacial score (nSPS) is 16.0. The number of imidazole rings is 1. The molecule has 2 heterocycles. The van der Waals surface area contributed by atoms with Crippen LogP contribution in [0.25, 0.3) is 0 Å². The van der Waals surface area contributed by atoms with Gasteiger partial charge in [-0.1, -0.05) is 23.7 Å². The highest BCUT2D eigenvalue weighted by Gasteiger charge is 2.30. The van der Waals surface area contributed by atoms with E-state index in [9.17, 15) is 9.59 Å². The van der Waals surface area contributed by atoms with Crippen LogP contribution in [-0.2, 0) is 19.5 Å². The van der Waals surface area contributed by atoms with Gasteiger partial charge in [0.25, 0.3) is 11.8 Å². The predicted molar refractivity (Wildman–Crippen MR) is 98.3 cm³/mol. The van der Waals surface area contributed by atoms with E-state index in [1.54, 1.807) is 12.1 Å². The number of amides is 2. The molecule has 0 saturated heterocycles. The second-order valence-corrected chi connectivity index (χ2v) is 7.33. The topological polar surface area (TPSA) is 76.0 Å². The van der Waals surface area contributed by atoms with Crippen molar-refractivity contribution < 1.29 is 9.59 Å². The zero-order valence-corrected chi connectivity index (χ0v) is 15.2. The molecular formula is C19H21ClN4O2. The molecule has 1 saturated carbocycles. The monoisotopic (exact) mass is 372 g/mol. The summed E-state index contributed by atoms with van der Waals surface area (Å²) in [6, 6.07) is 7.60. The lowest BCUT2D eigenvalue weighted by Crippen LogP contribution is -2.27. The smallest absolute Gasteiger partial charge is 0.287 e. The Bertz CT molecular complexity index is 840. The number of carbonyl (C=O) groups excluding carboxylic acids is 2. The Morgan fingerprint density at radius 2 is 1.92 bits per heavy atom. The number of hydrogen-bond acceptors (Lipinski definition) is 3. The van der Waals surface area contributed by atoms with E-state index in [0.29, 0.717) is 23.1 Å². The molecule has 2 amide bonds. The SMILES string of the molecule is O=C(NC1CC1)c1nc(C(=O)NCc2ccc(Cl)cc2)n2c1CCCC2. The van der Waals surface area contributed by atoms with Crippen LogP contribution >= 0.6 is 11.6 Å². The van der Waals surface area contributed by atoms with Crippen molar-refractivity contribution in [3.8, 4) is 0 Å². The molecule has 2 aliphatic rings. The number of fused-ring (bicyclic) bond motifs is 1. The van der Waals surface area contributed by atoms with E-state index in [4.69, 9.17) is 11.6 Å². The third kappa shape index (κ3) is 3.60. The van der Waals surface area contributed by atoms with Crippen LogP contribution in [-0.4, -0.2) is 27.4 Å². The Morgan fingerprint density at radius 3 is 2.65 bits per heavy atom. The highest BCUT2D eigenvalue weighted by Crippen LogP contribution is 2.24.